The summed E-state index contributed by atoms with van der Waals surface area (Å²) >= 11 is 0. The van der Waals surface area contributed by atoms with Crippen LogP contribution in [0, 0.1) is 5.41 Å². The number of rotatable bonds is 7. The van der Waals surface area contributed by atoms with Crippen LogP contribution in [-0.2, 0) is 9.59 Å². The maximum atomic E-state index is 12.2. The number of nitrogens with zero attached hydrogens (tertiary/aromatic N) is 1. The van der Waals surface area contributed by atoms with Gasteiger partial charge < -0.3 is 10.4 Å². The van der Waals surface area contributed by atoms with Gasteiger partial charge in [-0.1, -0.05) is 20.3 Å². The molecule has 0 aromatic rings. The highest BCUT2D eigenvalue weighted by molar-refractivity contribution is 5.81. The molecule has 1 saturated heterocycles. The monoisotopic (exact) mass is 298 g/mol. The molecule has 5 heteroatoms. The van der Waals surface area contributed by atoms with E-state index in [1.807, 2.05) is 27.7 Å². The molecule has 0 radical (unpaired) electrons. The van der Waals surface area contributed by atoms with Crippen LogP contribution in [0.4, 0.5) is 0 Å². The minimum absolute atomic E-state index is 0.0441. The molecule has 122 valence electrons. The summed E-state index contributed by atoms with van der Waals surface area (Å²) in [6.07, 6.45) is 3.80. The summed E-state index contributed by atoms with van der Waals surface area (Å²) < 4.78 is 0. The number of carbonyl (C=O) groups excluding carboxylic acids is 1. The van der Waals surface area contributed by atoms with Crippen LogP contribution < -0.4 is 5.32 Å². The van der Waals surface area contributed by atoms with Crippen molar-refractivity contribution in [2.45, 2.75) is 71.9 Å². The summed E-state index contributed by atoms with van der Waals surface area (Å²) in [6, 6.07) is -0.00429. The maximum Gasteiger partial charge on any atom is 0.309 e. The Morgan fingerprint density at radius 1 is 1.24 bits per heavy atom. The van der Waals surface area contributed by atoms with E-state index >= 15 is 0 Å². The Hall–Kier alpha value is -1.10. The molecule has 2 atom stereocenters. The van der Waals surface area contributed by atoms with Gasteiger partial charge in [0.05, 0.1) is 11.5 Å². The number of piperidine rings is 1. The molecule has 0 spiro atoms. The van der Waals surface area contributed by atoms with Crippen LogP contribution in [0.3, 0.4) is 0 Å². The van der Waals surface area contributed by atoms with E-state index in [0.29, 0.717) is 25.9 Å². The second-order valence-corrected chi connectivity index (χ2v) is 6.37. The number of carboxylic acid groups (broad SMARTS) is 1. The van der Waals surface area contributed by atoms with Crippen LogP contribution in [0.1, 0.15) is 59.8 Å². The quantitative estimate of drug-likeness (QED) is 0.756. The molecule has 0 aliphatic carbocycles. The second-order valence-electron chi connectivity index (χ2n) is 6.37. The molecule has 0 bridgehead atoms. The fourth-order valence-corrected chi connectivity index (χ4v) is 3.02. The second kappa shape index (κ2) is 7.78. The zero-order valence-electron chi connectivity index (χ0n) is 13.8. The molecule has 0 aromatic heterocycles. The largest absolute Gasteiger partial charge is 0.481 e. The van der Waals surface area contributed by atoms with E-state index in [9.17, 15) is 14.7 Å². The van der Waals surface area contributed by atoms with Crippen LogP contribution >= 0.6 is 0 Å². The number of hydrogen-bond acceptors (Lipinski definition) is 3. The number of likely N-dealkylation sites (tertiary alicyclic amines) is 1. The minimum Gasteiger partial charge on any atom is -0.481 e. The van der Waals surface area contributed by atoms with Crippen molar-refractivity contribution >= 4 is 11.9 Å². The first-order valence-electron chi connectivity index (χ1n) is 8.14. The normalized spacial score (nSPS) is 21.5. The van der Waals surface area contributed by atoms with Crippen molar-refractivity contribution in [3.8, 4) is 0 Å². The Morgan fingerprint density at radius 2 is 1.81 bits per heavy atom. The van der Waals surface area contributed by atoms with E-state index < -0.39 is 11.4 Å². The van der Waals surface area contributed by atoms with E-state index in [4.69, 9.17) is 0 Å². The van der Waals surface area contributed by atoms with Crippen molar-refractivity contribution in [2.24, 2.45) is 5.41 Å². The van der Waals surface area contributed by atoms with E-state index in [1.54, 1.807) is 0 Å². The van der Waals surface area contributed by atoms with Crippen LogP contribution in [0.15, 0.2) is 0 Å². The average molecular weight is 298 g/mol. The third kappa shape index (κ3) is 4.43. The first kappa shape index (κ1) is 18.0. The Labute approximate surface area is 128 Å². The van der Waals surface area contributed by atoms with Gasteiger partial charge in [0.1, 0.15) is 0 Å². The molecule has 2 N–H and O–H groups in total. The summed E-state index contributed by atoms with van der Waals surface area (Å²) in [5, 5.41) is 12.5. The highest BCUT2D eigenvalue weighted by Crippen LogP contribution is 2.37. The van der Waals surface area contributed by atoms with Gasteiger partial charge >= 0.3 is 5.97 Å². The van der Waals surface area contributed by atoms with Gasteiger partial charge in [-0.2, -0.15) is 0 Å². The van der Waals surface area contributed by atoms with Crippen molar-refractivity contribution in [2.75, 3.05) is 13.1 Å². The smallest absolute Gasteiger partial charge is 0.309 e. The fourth-order valence-electron chi connectivity index (χ4n) is 3.02. The first-order chi connectivity index (χ1) is 9.86. The summed E-state index contributed by atoms with van der Waals surface area (Å²) in [4.78, 5) is 25.8. The van der Waals surface area contributed by atoms with Gasteiger partial charge in [0.15, 0.2) is 0 Å². The van der Waals surface area contributed by atoms with E-state index in [-0.39, 0.29) is 18.0 Å². The predicted octanol–water partition coefficient (Wildman–Crippen LogP) is 2.26. The lowest BCUT2D eigenvalue weighted by Crippen LogP contribution is -2.52. The third-order valence-corrected chi connectivity index (χ3v) is 4.87. The Kier molecular flexibility index (Phi) is 6.65. The SMILES string of the molecule is CCCC1(C(=O)O)CCN(C(C)C(=O)NC(C)CC)CC1. The highest BCUT2D eigenvalue weighted by atomic mass is 16.4. The lowest BCUT2D eigenvalue weighted by Gasteiger charge is -2.41. The molecular formula is C16H30N2O3. The van der Waals surface area contributed by atoms with Crippen molar-refractivity contribution in [1.82, 2.24) is 10.2 Å². The topological polar surface area (TPSA) is 69.6 Å². The molecule has 5 nitrogen and oxygen atoms in total. The molecule has 0 saturated carbocycles. The molecule has 0 aromatic carbocycles. The van der Waals surface area contributed by atoms with E-state index in [1.165, 1.54) is 0 Å². The fraction of sp³-hybridized carbons (Fsp3) is 0.875. The zero-order valence-corrected chi connectivity index (χ0v) is 13.8. The van der Waals surface area contributed by atoms with E-state index in [2.05, 4.69) is 10.2 Å². The van der Waals surface area contributed by atoms with Crippen molar-refractivity contribution in [3.63, 3.8) is 0 Å². The van der Waals surface area contributed by atoms with Crippen LogP contribution in [0.5, 0.6) is 0 Å². The molecule has 1 fully saturated rings. The van der Waals surface area contributed by atoms with Gasteiger partial charge in [0.2, 0.25) is 5.91 Å². The van der Waals surface area contributed by atoms with Crippen molar-refractivity contribution in [1.29, 1.82) is 0 Å². The van der Waals surface area contributed by atoms with Gasteiger partial charge in [0, 0.05) is 19.1 Å². The van der Waals surface area contributed by atoms with Crippen molar-refractivity contribution in [3.05, 3.63) is 0 Å². The lowest BCUT2D eigenvalue weighted by molar-refractivity contribution is -0.153. The number of carboxylic acids is 1. The minimum atomic E-state index is -0.680. The van der Waals surface area contributed by atoms with Crippen molar-refractivity contribution < 1.29 is 14.7 Å². The first-order valence-corrected chi connectivity index (χ1v) is 8.14. The van der Waals surface area contributed by atoms with Gasteiger partial charge in [-0.3, -0.25) is 14.5 Å². The van der Waals surface area contributed by atoms with Crippen LogP contribution in [0.25, 0.3) is 0 Å². The van der Waals surface area contributed by atoms with Gasteiger partial charge in [-0.25, -0.2) is 0 Å². The maximum absolute atomic E-state index is 12.2. The number of aliphatic carboxylic acids is 1. The average Bonchev–Trinajstić information content (AvgIpc) is 2.47. The Balaban J connectivity index is 2.58. The number of nitrogens with one attached hydrogen (secondary N) is 1. The number of amides is 1. The van der Waals surface area contributed by atoms with Gasteiger partial charge in [-0.05, 0) is 39.5 Å². The van der Waals surface area contributed by atoms with Gasteiger partial charge in [-0.15, -0.1) is 0 Å². The molecule has 2 unspecified atom stereocenters. The van der Waals surface area contributed by atoms with Crippen LogP contribution in [0.2, 0.25) is 0 Å². The van der Waals surface area contributed by atoms with Crippen LogP contribution in [-0.4, -0.2) is 47.1 Å². The highest BCUT2D eigenvalue weighted by Gasteiger charge is 2.42. The predicted molar refractivity (Wildman–Crippen MR) is 83.1 cm³/mol. The zero-order chi connectivity index (χ0) is 16.0. The molecule has 1 rings (SSSR count). The lowest BCUT2D eigenvalue weighted by atomic mass is 9.75. The summed E-state index contributed by atoms with van der Waals surface area (Å²) in [7, 11) is 0. The summed E-state index contributed by atoms with van der Waals surface area (Å²) in [6.45, 7) is 9.34. The standard InChI is InChI=1S/C16H30N2O3/c1-5-7-16(15(20)21)8-10-18(11-9-16)13(4)14(19)17-12(3)6-2/h12-13H,5-11H2,1-4H3,(H,17,19)(H,20,21). The van der Waals surface area contributed by atoms with E-state index in [0.717, 1.165) is 19.3 Å². The molecular weight excluding hydrogens is 268 g/mol. The molecule has 1 heterocycles. The summed E-state index contributed by atoms with van der Waals surface area (Å²) in [5.41, 5.74) is -0.585. The summed E-state index contributed by atoms with van der Waals surface area (Å²) in [5.74, 6) is -0.636. The Morgan fingerprint density at radius 3 is 2.24 bits per heavy atom. The number of carbonyl (C=O) groups is 2. The number of hydrogen-bond donors (Lipinski definition) is 2. The third-order valence-electron chi connectivity index (χ3n) is 4.87. The molecule has 1 aliphatic rings. The molecule has 21 heavy (non-hydrogen) atoms. The molecule has 1 amide bonds. The van der Waals surface area contributed by atoms with Gasteiger partial charge in [0.25, 0.3) is 0 Å². The Bertz CT molecular complexity index is 363. The molecule has 1 aliphatic heterocycles.